The van der Waals surface area contributed by atoms with Gasteiger partial charge in [-0.3, -0.25) is 14.5 Å². The summed E-state index contributed by atoms with van der Waals surface area (Å²) in [4.78, 5) is 32.3. The van der Waals surface area contributed by atoms with E-state index < -0.39 is 17.3 Å². The molecule has 4 aromatic rings. The van der Waals surface area contributed by atoms with Gasteiger partial charge < -0.3 is 15.2 Å². The van der Waals surface area contributed by atoms with Crippen molar-refractivity contribution in [2.45, 2.75) is 31.9 Å². The summed E-state index contributed by atoms with van der Waals surface area (Å²) in [6.07, 6.45) is 2.81. The number of anilines is 1. The number of carbonyl (C=O) groups is 1. The minimum Gasteiger partial charge on any atom is -0.481 e. The molecule has 0 spiro atoms. The topological polar surface area (TPSA) is 110 Å². The first kappa shape index (κ1) is 28.0. The smallest absolute Gasteiger partial charge is 0.279 e. The molecule has 1 amide bonds. The highest BCUT2D eigenvalue weighted by Gasteiger charge is 2.38. The van der Waals surface area contributed by atoms with Crippen LogP contribution >= 0.6 is 11.6 Å². The molecule has 6 rings (SSSR count). The summed E-state index contributed by atoms with van der Waals surface area (Å²) in [5, 5.41) is 16.7. The maximum atomic E-state index is 15.4. The molecule has 9 nitrogen and oxygen atoms in total. The van der Waals surface area contributed by atoms with E-state index >= 15 is 4.39 Å². The Bertz CT molecular complexity index is 1790. The molecule has 2 aromatic carbocycles. The van der Waals surface area contributed by atoms with E-state index in [1.54, 1.807) is 26.2 Å². The number of nitrogens with one attached hydrogen (secondary N) is 1. The summed E-state index contributed by atoms with van der Waals surface area (Å²) in [6, 6.07) is 11.5. The highest BCUT2D eigenvalue weighted by molar-refractivity contribution is 6.36. The second kappa shape index (κ2) is 10.9. The molecule has 1 atom stereocenters. The number of halogens is 2. The zero-order valence-corrected chi connectivity index (χ0v) is 24.1. The van der Waals surface area contributed by atoms with Crippen LogP contribution in [0.3, 0.4) is 0 Å². The first-order valence-electron chi connectivity index (χ1n) is 13.6. The van der Waals surface area contributed by atoms with Crippen molar-refractivity contribution in [1.82, 2.24) is 19.7 Å². The molecule has 0 unspecified atom stereocenters. The van der Waals surface area contributed by atoms with Gasteiger partial charge in [0.1, 0.15) is 11.4 Å². The number of hydrogen-bond acceptors (Lipinski definition) is 7. The van der Waals surface area contributed by atoms with E-state index in [9.17, 15) is 14.7 Å². The maximum absolute atomic E-state index is 15.4. The van der Waals surface area contributed by atoms with E-state index in [1.165, 1.54) is 31.4 Å². The van der Waals surface area contributed by atoms with Crippen molar-refractivity contribution in [2.24, 2.45) is 7.05 Å². The maximum Gasteiger partial charge on any atom is 0.279 e. The van der Waals surface area contributed by atoms with Crippen molar-refractivity contribution in [3.05, 3.63) is 92.1 Å². The third kappa shape index (κ3) is 4.75. The molecule has 1 fully saturated rings. The standard InChI is InChI=1S/C31H29ClFN5O4/c1-16-23(35-29(40)21-11-12-34-37(2)31(21)41)9-8-22(33)26(16)20-6-4-5-19(28(20)32)24-13-17-7-10-25(38-14-18(39)15-38)27(17)30(36-24)42-3/h4-6,8-9,11-13,18,25,39H,7,10,14-15H2,1-3H3,(H,35,40)/t25-/m0/s1. The van der Waals surface area contributed by atoms with Crippen molar-refractivity contribution < 1.29 is 19.0 Å². The van der Waals surface area contributed by atoms with Crippen LogP contribution in [0.15, 0.2) is 53.5 Å². The molecule has 0 saturated carbocycles. The van der Waals surface area contributed by atoms with Gasteiger partial charge in [0.2, 0.25) is 5.88 Å². The van der Waals surface area contributed by atoms with E-state index in [-0.39, 0.29) is 23.3 Å². The monoisotopic (exact) mass is 589 g/mol. The number of rotatable bonds is 6. The number of aliphatic hydroxyl groups excluding tert-OH is 1. The number of carbonyl (C=O) groups excluding carboxylic acids is 1. The Morgan fingerprint density at radius 1 is 1.19 bits per heavy atom. The Hall–Kier alpha value is -4.12. The van der Waals surface area contributed by atoms with Gasteiger partial charge in [0.25, 0.3) is 11.5 Å². The van der Waals surface area contributed by atoms with Gasteiger partial charge in [-0.05, 0) is 55.2 Å². The molecule has 1 aliphatic heterocycles. The fraction of sp³-hybridized carbons (Fsp3) is 0.290. The molecule has 2 aliphatic rings. The minimum atomic E-state index is -0.626. The van der Waals surface area contributed by atoms with E-state index in [2.05, 4.69) is 15.3 Å². The number of benzene rings is 2. The number of nitrogens with zero attached hydrogens (tertiary/aromatic N) is 4. The van der Waals surface area contributed by atoms with Gasteiger partial charge in [-0.2, -0.15) is 5.10 Å². The van der Waals surface area contributed by atoms with Crippen LogP contribution in [0.1, 0.15) is 39.5 Å². The minimum absolute atomic E-state index is 0.0815. The van der Waals surface area contributed by atoms with Gasteiger partial charge in [0, 0.05) is 60.3 Å². The fourth-order valence-electron chi connectivity index (χ4n) is 5.92. The Labute approximate surface area is 246 Å². The van der Waals surface area contributed by atoms with E-state index in [4.69, 9.17) is 21.3 Å². The van der Waals surface area contributed by atoms with Gasteiger partial charge >= 0.3 is 0 Å². The number of β-amino-alcohol motifs (C(OH)–C–C–N with tert-alkyl or cyclic N) is 1. The fourth-order valence-corrected chi connectivity index (χ4v) is 6.24. The summed E-state index contributed by atoms with van der Waals surface area (Å²) in [5.41, 5.74) is 4.21. The molecule has 1 saturated heterocycles. The molecule has 0 bridgehead atoms. The average Bonchev–Trinajstić information content (AvgIpc) is 3.38. The van der Waals surface area contributed by atoms with Crippen LogP contribution in [0.2, 0.25) is 5.02 Å². The number of hydrogen-bond donors (Lipinski definition) is 2. The number of aromatic nitrogens is 3. The van der Waals surface area contributed by atoms with Crippen LogP contribution < -0.4 is 15.6 Å². The summed E-state index contributed by atoms with van der Waals surface area (Å²) < 4.78 is 22.2. The van der Waals surface area contributed by atoms with Gasteiger partial charge in [0.15, 0.2) is 0 Å². The lowest BCUT2D eigenvalue weighted by Gasteiger charge is -2.40. The van der Waals surface area contributed by atoms with Crippen LogP contribution in [-0.2, 0) is 13.5 Å². The number of ether oxygens (including phenoxy) is 1. The molecule has 3 heterocycles. The van der Waals surface area contributed by atoms with Gasteiger partial charge in [0.05, 0.1) is 23.9 Å². The van der Waals surface area contributed by atoms with Crippen LogP contribution in [-0.4, -0.2) is 57.0 Å². The zero-order chi connectivity index (χ0) is 29.7. The summed E-state index contributed by atoms with van der Waals surface area (Å²) in [6.45, 7) is 2.95. The van der Waals surface area contributed by atoms with Crippen molar-refractivity contribution in [3.8, 4) is 28.3 Å². The molecule has 2 N–H and O–H groups in total. The molecule has 1 aliphatic carbocycles. The Kier molecular flexibility index (Phi) is 7.30. The third-order valence-corrected chi connectivity index (χ3v) is 8.52. The zero-order valence-electron chi connectivity index (χ0n) is 23.3. The summed E-state index contributed by atoms with van der Waals surface area (Å²) in [5.74, 6) is -0.621. The third-order valence-electron chi connectivity index (χ3n) is 8.11. The second-order valence-electron chi connectivity index (χ2n) is 10.6. The molecule has 42 heavy (non-hydrogen) atoms. The SMILES string of the molecule is COc1nc(-c2cccc(-c3c(F)ccc(NC(=O)c4ccnn(C)c4=O)c3C)c2Cl)cc2c1[C@@H](N1CC(O)C1)CC2. The van der Waals surface area contributed by atoms with Crippen molar-refractivity contribution in [2.75, 3.05) is 25.5 Å². The molecule has 11 heteroatoms. The molecule has 216 valence electrons. The van der Waals surface area contributed by atoms with E-state index in [1.807, 2.05) is 12.1 Å². The van der Waals surface area contributed by atoms with Crippen molar-refractivity contribution >= 4 is 23.2 Å². The van der Waals surface area contributed by atoms with Crippen LogP contribution in [0.25, 0.3) is 22.4 Å². The Morgan fingerprint density at radius 3 is 2.69 bits per heavy atom. The van der Waals surface area contributed by atoms with Crippen LogP contribution in [0.5, 0.6) is 5.88 Å². The predicted molar refractivity (Wildman–Crippen MR) is 157 cm³/mol. The highest BCUT2D eigenvalue weighted by atomic mass is 35.5. The highest BCUT2D eigenvalue weighted by Crippen LogP contribution is 2.46. The van der Waals surface area contributed by atoms with Gasteiger partial charge in [-0.1, -0.05) is 29.8 Å². The molecule has 0 radical (unpaired) electrons. The van der Waals surface area contributed by atoms with E-state index in [0.717, 1.165) is 28.7 Å². The molecular weight excluding hydrogens is 561 g/mol. The van der Waals surface area contributed by atoms with Gasteiger partial charge in [-0.15, -0.1) is 0 Å². The first-order valence-corrected chi connectivity index (χ1v) is 14.0. The lowest BCUT2D eigenvalue weighted by atomic mass is 9.95. The quantitative estimate of drug-likeness (QED) is 0.340. The lowest BCUT2D eigenvalue weighted by molar-refractivity contribution is -0.0256. The summed E-state index contributed by atoms with van der Waals surface area (Å²) >= 11 is 6.97. The Balaban J connectivity index is 1.37. The average molecular weight is 590 g/mol. The predicted octanol–water partition coefficient (Wildman–Crippen LogP) is 4.53. The van der Waals surface area contributed by atoms with Gasteiger partial charge in [-0.25, -0.2) is 14.1 Å². The van der Waals surface area contributed by atoms with Crippen LogP contribution in [0, 0.1) is 12.7 Å². The number of pyridine rings is 1. The normalized spacial score (nSPS) is 16.7. The number of likely N-dealkylation sites (tertiary alicyclic amines) is 1. The number of aliphatic hydroxyl groups is 1. The lowest BCUT2D eigenvalue weighted by Crippen LogP contribution is -2.51. The number of methoxy groups -OCH3 is 1. The molecular formula is C31H29ClFN5O4. The number of fused-ring (bicyclic) bond motifs is 1. The summed E-state index contributed by atoms with van der Waals surface area (Å²) in [7, 11) is 3.04. The first-order chi connectivity index (χ1) is 20.2. The largest absolute Gasteiger partial charge is 0.481 e. The number of aryl methyl sites for hydroxylation is 2. The van der Waals surface area contributed by atoms with Crippen molar-refractivity contribution in [3.63, 3.8) is 0 Å². The number of amides is 1. The molecule has 2 aromatic heterocycles. The second-order valence-corrected chi connectivity index (χ2v) is 11.0. The van der Waals surface area contributed by atoms with Crippen LogP contribution in [0.4, 0.5) is 10.1 Å². The van der Waals surface area contributed by atoms with E-state index in [0.29, 0.717) is 52.1 Å². The van der Waals surface area contributed by atoms with Crippen molar-refractivity contribution in [1.29, 1.82) is 0 Å². The Morgan fingerprint density at radius 2 is 1.95 bits per heavy atom.